The number of benzene rings is 2. The number of carbonyl (C=O) groups is 3. The summed E-state index contributed by atoms with van der Waals surface area (Å²) in [6.45, 7) is 3.26. The van der Waals surface area contributed by atoms with E-state index in [4.69, 9.17) is 4.74 Å². The van der Waals surface area contributed by atoms with Crippen LogP contribution in [0.4, 0.5) is 14.9 Å². The highest BCUT2D eigenvalue weighted by molar-refractivity contribution is 7.99. The summed E-state index contributed by atoms with van der Waals surface area (Å²) in [5.41, 5.74) is 2.14. The molecule has 2 aromatic carbocycles. The SMILES string of the molecule is CCOC(=O)N1CCC(NC(=O)c2ccc(CSCC(=O)Nc3ccc(F)cc3)cc2)CC1. The molecule has 0 bridgehead atoms. The Labute approximate surface area is 197 Å². The molecule has 9 heteroatoms. The molecule has 7 nitrogen and oxygen atoms in total. The van der Waals surface area contributed by atoms with Crippen molar-refractivity contribution in [3.05, 3.63) is 65.5 Å². The van der Waals surface area contributed by atoms with Crippen LogP contribution >= 0.6 is 11.8 Å². The molecule has 0 saturated carbocycles. The smallest absolute Gasteiger partial charge is 0.409 e. The lowest BCUT2D eigenvalue weighted by atomic mass is 10.0. The maximum absolute atomic E-state index is 12.9. The number of amides is 3. The minimum Gasteiger partial charge on any atom is -0.450 e. The minimum atomic E-state index is -0.348. The van der Waals surface area contributed by atoms with Crippen molar-refractivity contribution >= 4 is 35.4 Å². The second-order valence-electron chi connectivity index (χ2n) is 7.68. The van der Waals surface area contributed by atoms with Gasteiger partial charge >= 0.3 is 6.09 Å². The van der Waals surface area contributed by atoms with Gasteiger partial charge in [0.2, 0.25) is 5.91 Å². The van der Waals surface area contributed by atoms with Crippen molar-refractivity contribution < 1.29 is 23.5 Å². The van der Waals surface area contributed by atoms with Gasteiger partial charge < -0.3 is 20.3 Å². The van der Waals surface area contributed by atoms with Crippen molar-refractivity contribution in [2.45, 2.75) is 31.6 Å². The van der Waals surface area contributed by atoms with Crippen LogP contribution < -0.4 is 10.6 Å². The van der Waals surface area contributed by atoms with Gasteiger partial charge in [-0.05, 0) is 61.7 Å². The molecule has 1 saturated heterocycles. The van der Waals surface area contributed by atoms with Gasteiger partial charge in [-0.2, -0.15) is 0 Å². The highest BCUT2D eigenvalue weighted by Crippen LogP contribution is 2.16. The molecule has 0 aromatic heterocycles. The number of hydrogen-bond donors (Lipinski definition) is 2. The molecule has 0 spiro atoms. The molecule has 1 fully saturated rings. The predicted molar refractivity (Wildman–Crippen MR) is 127 cm³/mol. The Morgan fingerprint density at radius 3 is 2.36 bits per heavy atom. The van der Waals surface area contributed by atoms with E-state index in [1.54, 1.807) is 24.0 Å². The van der Waals surface area contributed by atoms with Crippen molar-refractivity contribution in [3.63, 3.8) is 0 Å². The Morgan fingerprint density at radius 2 is 1.73 bits per heavy atom. The number of ether oxygens (including phenoxy) is 1. The molecule has 0 radical (unpaired) electrons. The maximum atomic E-state index is 12.9. The van der Waals surface area contributed by atoms with Crippen molar-refractivity contribution in [2.75, 3.05) is 30.8 Å². The van der Waals surface area contributed by atoms with E-state index in [1.807, 2.05) is 12.1 Å². The van der Waals surface area contributed by atoms with Crippen molar-refractivity contribution in [3.8, 4) is 0 Å². The molecular weight excluding hydrogens is 445 g/mol. The Hall–Kier alpha value is -3.07. The lowest BCUT2D eigenvalue weighted by Gasteiger charge is -2.31. The van der Waals surface area contributed by atoms with Gasteiger partial charge in [0, 0.05) is 36.1 Å². The highest BCUT2D eigenvalue weighted by Gasteiger charge is 2.24. The summed E-state index contributed by atoms with van der Waals surface area (Å²) in [6.07, 6.45) is 1.09. The number of hydrogen-bond acceptors (Lipinski definition) is 5. The molecule has 3 amide bonds. The fraction of sp³-hybridized carbons (Fsp3) is 0.375. The Balaban J connectivity index is 1.38. The highest BCUT2D eigenvalue weighted by atomic mass is 32.2. The van der Waals surface area contributed by atoms with E-state index in [9.17, 15) is 18.8 Å². The molecule has 2 N–H and O–H groups in total. The first-order chi connectivity index (χ1) is 15.9. The Bertz CT molecular complexity index is 945. The summed E-state index contributed by atoms with van der Waals surface area (Å²) < 4.78 is 17.9. The third-order valence-corrected chi connectivity index (χ3v) is 6.21. The van der Waals surface area contributed by atoms with Crippen LogP contribution in [-0.4, -0.2) is 54.3 Å². The van der Waals surface area contributed by atoms with Crippen LogP contribution in [0.5, 0.6) is 0 Å². The Morgan fingerprint density at radius 1 is 1.06 bits per heavy atom. The van der Waals surface area contributed by atoms with Crippen LogP contribution in [0.2, 0.25) is 0 Å². The molecule has 0 unspecified atom stereocenters. The van der Waals surface area contributed by atoms with Gasteiger partial charge in [0.05, 0.1) is 12.4 Å². The zero-order chi connectivity index (χ0) is 23.6. The number of carbonyl (C=O) groups excluding carboxylic acids is 3. The van der Waals surface area contributed by atoms with Gasteiger partial charge in [-0.15, -0.1) is 11.8 Å². The fourth-order valence-electron chi connectivity index (χ4n) is 3.43. The number of piperidine rings is 1. The standard InChI is InChI=1S/C24H28FN3O4S/c1-2-32-24(31)28-13-11-21(12-14-28)27-23(30)18-5-3-17(4-6-18)15-33-16-22(29)26-20-9-7-19(25)8-10-20/h3-10,21H,2,11-16H2,1H3,(H,26,29)(H,27,30). The summed E-state index contributed by atoms with van der Waals surface area (Å²) in [4.78, 5) is 38.0. The largest absolute Gasteiger partial charge is 0.450 e. The molecule has 176 valence electrons. The number of halogens is 1. The maximum Gasteiger partial charge on any atom is 0.409 e. The van der Waals surface area contributed by atoms with Crippen LogP contribution in [-0.2, 0) is 15.3 Å². The van der Waals surface area contributed by atoms with Crippen LogP contribution in [0.15, 0.2) is 48.5 Å². The molecule has 33 heavy (non-hydrogen) atoms. The summed E-state index contributed by atoms with van der Waals surface area (Å²) in [6, 6.07) is 13.0. The van der Waals surface area contributed by atoms with Crippen molar-refractivity contribution in [1.82, 2.24) is 10.2 Å². The van der Waals surface area contributed by atoms with Crippen LogP contribution in [0, 0.1) is 5.82 Å². The van der Waals surface area contributed by atoms with Crippen molar-refractivity contribution in [1.29, 1.82) is 0 Å². The molecule has 1 aliphatic rings. The first-order valence-electron chi connectivity index (χ1n) is 10.9. The number of nitrogens with one attached hydrogen (secondary N) is 2. The molecule has 1 heterocycles. The number of anilines is 1. The van der Waals surface area contributed by atoms with Crippen LogP contribution in [0.3, 0.4) is 0 Å². The van der Waals surface area contributed by atoms with E-state index in [0.717, 1.165) is 5.56 Å². The second kappa shape index (κ2) is 12.2. The van der Waals surface area contributed by atoms with E-state index in [0.29, 0.717) is 49.5 Å². The lowest BCUT2D eigenvalue weighted by molar-refractivity contribution is -0.113. The van der Waals surface area contributed by atoms with Gasteiger partial charge in [-0.25, -0.2) is 9.18 Å². The van der Waals surface area contributed by atoms with Gasteiger partial charge in [0.1, 0.15) is 5.82 Å². The molecular formula is C24H28FN3O4S. The quantitative estimate of drug-likeness (QED) is 0.604. The van der Waals surface area contributed by atoms with Gasteiger partial charge in [-0.1, -0.05) is 12.1 Å². The van der Waals surface area contributed by atoms with Crippen LogP contribution in [0.1, 0.15) is 35.7 Å². The van der Waals surface area contributed by atoms with E-state index in [-0.39, 0.29) is 35.5 Å². The van der Waals surface area contributed by atoms with Gasteiger partial charge in [-0.3, -0.25) is 9.59 Å². The normalized spacial score (nSPS) is 13.9. The third kappa shape index (κ3) is 7.78. The number of rotatable bonds is 8. The topological polar surface area (TPSA) is 87.7 Å². The van der Waals surface area contributed by atoms with Gasteiger partial charge in [0.15, 0.2) is 0 Å². The first-order valence-corrected chi connectivity index (χ1v) is 12.0. The zero-order valence-corrected chi connectivity index (χ0v) is 19.3. The van der Waals surface area contributed by atoms with E-state index < -0.39 is 0 Å². The molecule has 1 aliphatic heterocycles. The number of nitrogens with zero attached hydrogens (tertiary/aromatic N) is 1. The Kier molecular flexibility index (Phi) is 9.12. The van der Waals surface area contributed by atoms with Crippen molar-refractivity contribution in [2.24, 2.45) is 0 Å². The number of thioether (sulfide) groups is 1. The van der Waals surface area contributed by atoms with E-state index >= 15 is 0 Å². The molecule has 2 aromatic rings. The lowest BCUT2D eigenvalue weighted by Crippen LogP contribution is -2.46. The minimum absolute atomic E-state index is 0.0260. The monoisotopic (exact) mass is 473 g/mol. The third-order valence-electron chi connectivity index (χ3n) is 5.20. The first kappa shape index (κ1) is 24.6. The summed E-state index contributed by atoms with van der Waals surface area (Å²) >= 11 is 1.46. The average Bonchev–Trinajstić information content (AvgIpc) is 2.81. The molecule has 3 rings (SSSR count). The molecule has 0 atom stereocenters. The summed E-state index contributed by atoms with van der Waals surface area (Å²) in [5.74, 6) is 0.257. The van der Waals surface area contributed by atoms with E-state index in [2.05, 4.69) is 10.6 Å². The molecule has 0 aliphatic carbocycles. The number of likely N-dealkylation sites (tertiary alicyclic amines) is 1. The predicted octanol–water partition coefficient (Wildman–Crippen LogP) is 4.05. The zero-order valence-electron chi connectivity index (χ0n) is 18.5. The van der Waals surface area contributed by atoms with Gasteiger partial charge in [0.25, 0.3) is 5.91 Å². The van der Waals surface area contributed by atoms with E-state index in [1.165, 1.54) is 36.0 Å². The average molecular weight is 474 g/mol. The van der Waals surface area contributed by atoms with Crippen LogP contribution in [0.25, 0.3) is 0 Å². The summed E-state index contributed by atoms with van der Waals surface area (Å²) in [5, 5.41) is 5.76. The summed E-state index contributed by atoms with van der Waals surface area (Å²) in [7, 11) is 0. The fourth-order valence-corrected chi connectivity index (χ4v) is 4.22. The second-order valence-corrected chi connectivity index (χ2v) is 8.66.